The van der Waals surface area contributed by atoms with E-state index in [1.54, 1.807) is 6.07 Å². The predicted molar refractivity (Wildman–Crippen MR) is 74.3 cm³/mol. The summed E-state index contributed by atoms with van der Waals surface area (Å²) < 4.78 is 38.6. The van der Waals surface area contributed by atoms with Crippen molar-refractivity contribution >= 4 is 11.9 Å². The number of hydrogen-bond donors (Lipinski definition) is 2. The zero-order chi connectivity index (χ0) is 16.8. The Hall–Kier alpha value is -2.05. The van der Waals surface area contributed by atoms with Crippen LogP contribution in [0.2, 0.25) is 0 Å². The normalized spacial score (nSPS) is 25.3. The third kappa shape index (κ3) is 2.92. The zero-order valence-electron chi connectivity index (χ0n) is 12.2. The van der Waals surface area contributed by atoms with Crippen LogP contribution in [0.1, 0.15) is 36.8 Å². The van der Waals surface area contributed by atoms with Crippen LogP contribution in [0.15, 0.2) is 24.3 Å². The summed E-state index contributed by atoms with van der Waals surface area (Å²) in [7, 11) is 0. The van der Waals surface area contributed by atoms with Crippen molar-refractivity contribution in [3.63, 3.8) is 0 Å². The average Bonchev–Trinajstić information content (AvgIpc) is 3.22. The van der Waals surface area contributed by atoms with Crippen molar-refractivity contribution in [3.8, 4) is 0 Å². The molecule has 7 heteroatoms. The van der Waals surface area contributed by atoms with Crippen molar-refractivity contribution in [1.82, 2.24) is 5.32 Å². The van der Waals surface area contributed by atoms with Gasteiger partial charge in [0.25, 0.3) is 0 Å². The lowest BCUT2D eigenvalue weighted by Crippen LogP contribution is -2.51. The van der Waals surface area contributed by atoms with Gasteiger partial charge in [0.1, 0.15) is 0 Å². The topological polar surface area (TPSA) is 66.4 Å². The standard InChI is InChI=1S/C16H16F3NO3/c17-16(18,19)10-4-1-3-9(7-10)15(5-2-6-15)20-13(21)11-8-12(11)14(22)23/h1,3-4,7,11-12H,2,5-6,8H2,(H,20,21)(H,22,23). The summed E-state index contributed by atoms with van der Waals surface area (Å²) in [4.78, 5) is 23.0. The minimum Gasteiger partial charge on any atom is -0.481 e. The molecule has 1 aromatic rings. The highest BCUT2D eigenvalue weighted by Crippen LogP contribution is 2.45. The van der Waals surface area contributed by atoms with Crippen LogP contribution in [0.4, 0.5) is 13.2 Å². The first-order valence-corrected chi connectivity index (χ1v) is 7.45. The van der Waals surface area contributed by atoms with Gasteiger partial charge in [-0.3, -0.25) is 9.59 Å². The number of aliphatic carboxylic acids is 1. The quantitative estimate of drug-likeness (QED) is 0.893. The van der Waals surface area contributed by atoms with Crippen molar-refractivity contribution in [2.24, 2.45) is 11.8 Å². The van der Waals surface area contributed by atoms with E-state index in [0.717, 1.165) is 18.6 Å². The van der Waals surface area contributed by atoms with Gasteiger partial charge in [-0.2, -0.15) is 13.2 Å². The van der Waals surface area contributed by atoms with Crippen LogP contribution in [-0.2, 0) is 21.3 Å². The summed E-state index contributed by atoms with van der Waals surface area (Å²) in [6.45, 7) is 0. The molecule has 4 nitrogen and oxygen atoms in total. The average molecular weight is 327 g/mol. The Morgan fingerprint density at radius 2 is 1.91 bits per heavy atom. The molecule has 0 heterocycles. The maximum atomic E-state index is 12.9. The molecular weight excluding hydrogens is 311 g/mol. The van der Waals surface area contributed by atoms with Crippen molar-refractivity contribution in [1.29, 1.82) is 0 Å². The van der Waals surface area contributed by atoms with Crippen molar-refractivity contribution in [2.75, 3.05) is 0 Å². The Morgan fingerprint density at radius 1 is 1.22 bits per heavy atom. The molecule has 0 aliphatic heterocycles. The van der Waals surface area contributed by atoms with Gasteiger partial charge in [-0.05, 0) is 43.4 Å². The number of nitrogens with one attached hydrogen (secondary N) is 1. The Labute approximate surface area is 130 Å². The third-order valence-corrected chi connectivity index (χ3v) is 4.76. The zero-order valence-corrected chi connectivity index (χ0v) is 12.2. The lowest BCUT2D eigenvalue weighted by molar-refractivity contribution is -0.140. The fraction of sp³-hybridized carbons (Fsp3) is 0.500. The number of alkyl halides is 3. The largest absolute Gasteiger partial charge is 0.481 e. The number of hydrogen-bond acceptors (Lipinski definition) is 2. The Kier molecular flexibility index (Phi) is 3.61. The van der Waals surface area contributed by atoms with Crippen LogP contribution < -0.4 is 5.32 Å². The molecule has 2 N–H and O–H groups in total. The number of carboxylic acid groups (broad SMARTS) is 1. The Balaban J connectivity index is 1.79. The van der Waals surface area contributed by atoms with Gasteiger partial charge in [-0.15, -0.1) is 0 Å². The molecule has 2 aliphatic carbocycles. The fourth-order valence-electron chi connectivity index (χ4n) is 3.10. The summed E-state index contributed by atoms with van der Waals surface area (Å²) in [5.74, 6) is -2.63. The van der Waals surface area contributed by atoms with Crippen LogP contribution in [0.25, 0.3) is 0 Å². The molecule has 1 aromatic carbocycles. The molecule has 124 valence electrons. The first-order chi connectivity index (χ1) is 10.7. The van der Waals surface area contributed by atoms with Crippen molar-refractivity contribution in [3.05, 3.63) is 35.4 Å². The van der Waals surface area contributed by atoms with E-state index < -0.39 is 35.1 Å². The van der Waals surface area contributed by atoms with Crippen LogP contribution in [0.5, 0.6) is 0 Å². The number of benzene rings is 1. The first-order valence-electron chi connectivity index (χ1n) is 7.45. The highest BCUT2D eigenvalue weighted by molar-refractivity contribution is 5.90. The third-order valence-electron chi connectivity index (χ3n) is 4.76. The molecule has 3 rings (SSSR count). The summed E-state index contributed by atoms with van der Waals surface area (Å²) in [5.41, 5.74) is -1.12. The number of amides is 1. The lowest BCUT2D eigenvalue weighted by Gasteiger charge is -2.43. The number of rotatable bonds is 4. The minimum absolute atomic E-state index is 0.292. The molecule has 23 heavy (non-hydrogen) atoms. The monoisotopic (exact) mass is 327 g/mol. The lowest BCUT2D eigenvalue weighted by atomic mass is 9.71. The molecule has 0 bridgehead atoms. The van der Waals surface area contributed by atoms with Gasteiger partial charge >= 0.3 is 12.1 Å². The smallest absolute Gasteiger partial charge is 0.416 e. The molecule has 0 aromatic heterocycles. The first kappa shape index (κ1) is 15.8. The van der Waals surface area contributed by atoms with Gasteiger partial charge in [0.05, 0.1) is 22.9 Å². The predicted octanol–water partition coefficient (Wildman–Crippen LogP) is 2.92. The van der Waals surface area contributed by atoms with E-state index in [4.69, 9.17) is 5.11 Å². The van der Waals surface area contributed by atoms with Gasteiger partial charge in [-0.1, -0.05) is 12.1 Å². The highest BCUT2D eigenvalue weighted by atomic mass is 19.4. The van der Waals surface area contributed by atoms with E-state index in [0.29, 0.717) is 24.8 Å². The Morgan fingerprint density at radius 3 is 2.39 bits per heavy atom. The van der Waals surface area contributed by atoms with E-state index in [1.165, 1.54) is 6.07 Å². The Bertz CT molecular complexity index is 652. The molecular formula is C16H16F3NO3. The second-order valence-corrected chi connectivity index (χ2v) is 6.29. The second kappa shape index (κ2) is 5.25. The van der Waals surface area contributed by atoms with E-state index in [-0.39, 0.29) is 5.91 Å². The van der Waals surface area contributed by atoms with E-state index in [9.17, 15) is 22.8 Å². The van der Waals surface area contributed by atoms with Crippen LogP contribution in [-0.4, -0.2) is 17.0 Å². The number of carboxylic acids is 1. The molecule has 0 saturated heterocycles. The van der Waals surface area contributed by atoms with Gasteiger partial charge in [0.15, 0.2) is 0 Å². The van der Waals surface area contributed by atoms with Crippen molar-refractivity contribution in [2.45, 2.75) is 37.4 Å². The molecule has 0 spiro atoms. The molecule has 2 fully saturated rings. The van der Waals surface area contributed by atoms with Crippen LogP contribution in [0, 0.1) is 11.8 Å². The van der Waals surface area contributed by atoms with Gasteiger partial charge in [-0.25, -0.2) is 0 Å². The van der Waals surface area contributed by atoms with E-state index in [2.05, 4.69) is 5.32 Å². The van der Waals surface area contributed by atoms with E-state index >= 15 is 0 Å². The SMILES string of the molecule is O=C(O)C1CC1C(=O)NC1(c2cccc(C(F)(F)F)c2)CCC1. The summed E-state index contributed by atoms with van der Waals surface area (Å²) in [5, 5.41) is 11.7. The van der Waals surface area contributed by atoms with Gasteiger partial charge < -0.3 is 10.4 Å². The second-order valence-electron chi connectivity index (χ2n) is 6.29. The summed E-state index contributed by atoms with van der Waals surface area (Å²) in [6.07, 6.45) is -2.21. The molecule has 2 unspecified atom stereocenters. The summed E-state index contributed by atoms with van der Waals surface area (Å²) in [6, 6.07) is 4.98. The maximum absolute atomic E-state index is 12.9. The highest BCUT2D eigenvalue weighted by Gasteiger charge is 2.51. The molecule has 2 saturated carbocycles. The minimum atomic E-state index is -4.43. The van der Waals surface area contributed by atoms with E-state index in [1.807, 2.05) is 0 Å². The maximum Gasteiger partial charge on any atom is 0.416 e. The van der Waals surface area contributed by atoms with Crippen LogP contribution >= 0.6 is 0 Å². The van der Waals surface area contributed by atoms with Crippen LogP contribution in [0.3, 0.4) is 0 Å². The number of halogens is 3. The molecule has 0 radical (unpaired) electrons. The molecule has 1 amide bonds. The molecule has 2 aliphatic rings. The number of carbonyl (C=O) groups is 2. The van der Waals surface area contributed by atoms with Crippen molar-refractivity contribution < 1.29 is 27.9 Å². The molecule has 2 atom stereocenters. The van der Waals surface area contributed by atoms with Gasteiger partial charge in [0, 0.05) is 0 Å². The summed E-state index contributed by atoms with van der Waals surface area (Å²) >= 11 is 0. The van der Waals surface area contributed by atoms with Gasteiger partial charge in [0.2, 0.25) is 5.91 Å². The fourth-order valence-corrected chi connectivity index (χ4v) is 3.10. The number of carbonyl (C=O) groups excluding carboxylic acids is 1.